The fraction of sp³-hybridized carbons (Fsp3) is 0.565. The van der Waals surface area contributed by atoms with Crippen LogP contribution in [0.2, 0.25) is 0 Å². The summed E-state index contributed by atoms with van der Waals surface area (Å²) in [5.41, 5.74) is 1.42. The van der Waals surface area contributed by atoms with Crippen molar-refractivity contribution in [1.29, 1.82) is 0 Å². The first kappa shape index (κ1) is 21.2. The number of hydrogen-bond donors (Lipinski definition) is 0. The second-order valence-electron chi connectivity index (χ2n) is 9.17. The number of amides is 1. The lowest BCUT2D eigenvalue weighted by Crippen LogP contribution is -2.42. The zero-order valence-corrected chi connectivity index (χ0v) is 19.6. The Morgan fingerprint density at radius 2 is 1.94 bits per heavy atom. The van der Waals surface area contributed by atoms with Gasteiger partial charge in [0.2, 0.25) is 0 Å². The third kappa shape index (κ3) is 3.37. The molecule has 1 unspecified atom stereocenters. The van der Waals surface area contributed by atoms with Gasteiger partial charge >= 0.3 is 0 Å². The van der Waals surface area contributed by atoms with Gasteiger partial charge in [0.15, 0.2) is 11.6 Å². The molecule has 6 rings (SSSR count). The molecule has 11 heteroatoms. The smallest absolute Gasteiger partial charge is 0.257 e. The van der Waals surface area contributed by atoms with E-state index in [1.165, 1.54) is 12.8 Å². The van der Waals surface area contributed by atoms with Gasteiger partial charge in [-0.05, 0) is 26.2 Å². The third-order valence-electron chi connectivity index (χ3n) is 7.14. The molecule has 3 aromatic heterocycles. The molecule has 11 nitrogen and oxygen atoms in total. The van der Waals surface area contributed by atoms with Crippen LogP contribution in [0.25, 0.3) is 11.6 Å². The zero-order valence-electron chi connectivity index (χ0n) is 19.6. The van der Waals surface area contributed by atoms with E-state index in [2.05, 4.69) is 36.7 Å². The number of ether oxygens (including phenoxy) is 1. The number of fused-ring (bicyclic) bond motifs is 3. The molecule has 5 heterocycles. The van der Waals surface area contributed by atoms with Crippen LogP contribution in [0.5, 0.6) is 0 Å². The highest BCUT2D eigenvalue weighted by molar-refractivity contribution is 5.93. The van der Waals surface area contributed by atoms with Crippen LogP contribution in [-0.4, -0.2) is 77.7 Å². The number of carbonyl (C=O) groups is 1. The van der Waals surface area contributed by atoms with Gasteiger partial charge in [0.05, 0.1) is 37.2 Å². The van der Waals surface area contributed by atoms with Crippen molar-refractivity contribution in [2.45, 2.75) is 58.0 Å². The van der Waals surface area contributed by atoms with Gasteiger partial charge < -0.3 is 14.5 Å². The van der Waals surface area contributed by atoms with Crippen LogP contribution in [0.15, 0.2) is 18.6 Å². The van der Waals surface area contributed by atoms with Crippen LogP contribution in [-0.2, 0) is 4.74 Å². The molecule has 0 aromatic carbocycles. The minimum absolute atomic E-state index is 0.0455. The largest absolute Gasteiger partial charge is 0.378 e. The first-order valence-corrected chi connectivity index (χ1v) is 12.2. The second-order valence-corrected chi connectivity index (χ2v) is 9.17. The van der Waals surface area contributed by atoms with Gasteiger partial charge in [-0.3, -0.25) is 9.36 Å². The predicted octanol–water partition coefficient (Wildman–Crippen LogP) is 2.24. The zero-order chi connectivity index (χ0) is 23.2. The summed E-state index contributed by atoms with van der Waals surface area (Å²) in [7, 11) is 0. The van der Waals surface area contributed by atoms with Crippen molar-refractivity contribution in [1.82, 2.24) is 39.4 Å². The molecule has 34 heavy (non-hydrogen) atoms. The summed E-state index contributed by atoms with van der Waals surface area (Å²) in [5.74, 6) is 3.07. The van der Waals surface area contributed by atoms with Crippen molar-refractivity contribution >= 4 is 11.7 Å². The Morgan fingerprint density at radius 3 is 2.71 bits per heavy atom. The Labute approximate surface area is 197 Å². The van der Waals surface area contributed by atoms with Crippen LogP contribution in [0, 0.1) is 6.92 Å². The minimum atomic E-state index is -0.0455. The van der Waals surface area contributed by atoms with Crippen molar-refractivity contribution in [3.05, 3.63) is 35.8 Å². The molecule has 0 radical (unpaired) electrons. The van der Waals surface area contributed by atoms with Gasteiger partial charge in [-0.25, -0.2) is 9.67 Å². The Morgan fingerprint density at radius 1 is 1.15 bits per heavy atom. The summed E-state index contributed by atoms with van der Waals surface area (Å²) in [6.45, 7) is 6.46. The van der Waals surface area contributed by atoms with E-state index < -0.39 is 0 Å². The number of morpholine rings is 1. The van der Waals surface area contributed by atoms with Crippen LogP contribution in [0.1, 0.15) is 67.1 Å². The maximum atomic E-state index is 12.9. The lowest BCUT2D eigenvalue weighted by atomic mass is 10.0. The normalized spacial score (nSPS) is 20.5. The average molecular weight is 464 g/mol. The number of anilines is 1. The molecule has 1 saturated carbocycles. The summed E-state index contributed by atoms with van der Waals surface area (Å²) in [6, 6.07) is 0.518. The maximum absolute atomic E-state index is 12.9. The Hall–Kier alpha value is -3.34. The summed E-state index contributed by atoms with van der Waals surface area (Å²) in [4.78, 5) is 26.7. The summed E-state index contributed by atoms with van der Waals surface area (Å²) in [6.07, 6.45) is 10.8. The summed E-state index contributed by atoms with van der Waals surface area (Å²) >= 11 is 0. The predicted molar refractivity (Wildman–Crippen MR) is 123 cm³/mol. The molecule has 1 atom stereocenters. The number of rotatable bonds is 4. The Bertz CT molecular complexity index is 1210. The molecule has 0 spiro atoms. The fourth-order valence-corrected chi connectivity index (χ4v) is 5.46. The number of nitrogens with zero attached hydrogens (tertiary/aromatic N) is 9. The number of aromatic nitrogens is 7. The highest BCUT2D eigenvalue weighted by Crippen LogP contribution is 2.43. The quantitative estimate of drug-likeness (QED) is 0.580. The Kier molecular flexibility index (Phi) is 5.28. The van der Waals surface area contributed by atoms with E-state index in [-0.39, 0.29) is 11.9 Å². The molecule has 0 N–H and O–H groups in total. The number of carbonyl (C=O) groups excluding carboxylic acids is 1. The molecule has 1 amide bonds. The van der Waals surface area contributed by atoms with E-state index in [0.29, 0.717) is 43.9 Å². The van der Waals surface area contributed by atoms with E-state index in [9.17, 15) is 4.79 Å². The van der Waals surface area contributed by atoms with Gasteiger partial charge in [0.25, 0.3) is 11.9 Å². The van der Waals surface area contributed by atoms with E-state index in [0.717, 1.165) is 42.4 Å². The molecular formula is C23H29N9O2. The first-order valence-electron chi connectivity index (χ1n) is 12.2. The minimum Gasteiger partial charge on any atom is -0.378 e. The van der Waals surface area contributed by atoms with Crippen molar-refractivity contribution in [2.24, 2.45) is 0 Å². The van der Waals surface area contributed by atoms with E-state index >= 15 is 0 Å². The van der Waals surface area contributed by atoms with Gasteiger partial charge in [-0.1, -0.05) is 19.8 Å². The fourth-order valence-electron chi connectivity index (χ4n) is 5.46. The summed E-state index contributed by atoms with van der Waals surface area (Å²) in [5, 5.41) is 13.3. The van der Waals surface area contributed by atoms with Crippen molar-refractivity contribution in [2.75, 3.05) is 31.2 Å². The molecule has 1 aliphatic carbocycles. The molecule has 0 bridgehead atoms. The van der Waals surface area contributed by atoms with Crippen molar-refractivity contribution in [3.63, 3.8) is 0 Å². The molecule has 178 valence electrons. The second kappa shape index (κ2) is 8.46. The van der Waals surface area contributed by atoms with E-state index in [1.54, 1.807) is 22.0 Å². The number of aryl methyl sites for hydroxylation is 1. The SMILES string of the molecule is CCC1c2nnc(C)n2-c2cnc(-n3cc(C(=O)N4CCOCC4)cn3)nc2N1C1CCCC1. The maximum Gasteiger partial charge on any atom is 0.257 e. The molecule has 2 aliphatic heterocycles. The van der Waals surface area contributed by atoms with Crippen molar-refractivity contribution < 1.29 is 9.53 Å². The number of hydrogen-bond acceptors (Lipinski definition) is 8. The molecule has 1 saturated heterocycles. The molecular weight excluding hydrogens is 434 g/mol. The highest BCUT2D eigenvalue weighted by Gasteiger charge is 2.39. The molecule has 2 fully saturated rings. The lowest BCUT2D eigenvalue weighted by molar-refractivity contribution is 0.0303. The van der Waals surface area contributed by atoms with Crippen LogP contribution >= 0.6 is 0 Å². The van der Waals surface area contributed by atoms with Gasteiger partial charge in [0.1, 0.15) is 11.5 Å². The topological polar surface area (TPSA) is 107 Å². The van der Waals surface area contributed by atoms with Crippen LogP contribution in [0.4, 0.5) is 5.82 Å². The third-order valence-corrected chi connectivity index (χ3v) is 7.14. The van der Waals surface area contributed by atoms with Gasteiger partial charge in [-0.2, -0.15) is 10.1 Å². The monoisotopic (exact) mass is 463 g/mol. The average Bonchev–Trinajstić information content (AvgIpc) is 3.64. The van der Waals surface area contributed by atoms with Gasteiger partial charge in [-0.15, -0.1) is 10.2 Å². The van der Waals surface area contributed by atoms with E-state index in [4.69, 9.17) is 9.72 Å². The summed E-state index contributed by atoms with van der Waals surface area (Å²) < 4.78 is 9.03. The van der Waals surface area contributed by atoms with Crippen LogP contribution in [0.3, 0.4) is 0 Å². The van der Waals surface area contributed by atoms with Crippen molar-refractivity contribution in [3.8, 4) is 11.6 Å². The van der Waals surface area contributed by atoms with Gasteiger partial charge in [0, 0.05) is 25.3 Å². The van der Waals surface area contributed by atoms with Crippen LogP contribution < -0.4 is 4.90 Å². The first-order chi connectivity index (χ1) is 16.7. The molecule has 3 aliphatic rings. The standard InChI is InChI=1S/C23H29N9O2/c1-3-18-21-28-27-15(2)31(21)19-13-24-23(26-20(19)32(18)17-6-4-5-7-17)30-14-16(12-25-30)22(33)29-8-10-34-11-9-29/h12-14,17-18H,3-11H2,1-2H3. The Balaban J connectivity index is 1.40. The molecule has 3 aromatic rings. The van der Waals surface area contributed by atoms with E-state index in [1.807, 2.05) is 13.1 Å². The highest BCUT2D eigenvalue weighted by atomic mass is 16.5. The lowest BCUT2D eigenvalue weighted by Gasteiger charge is -2.41.